The minimum Gasteiger partial charge on any atom is -0.475 e. The highest BCUT2D eigenvalue weighted by Crippen LogP contribution is 2.30. The van der Waals surface area contributed by atoms with Gasteiger partial charge in [0.25, 0.3) is 0 Å². The summed E-state index contributed by atoms with van der Waals surface area (Å²) in [6.07, 6.45) is 15.1. The highest BCUT2D eigenvalue weighted by molar-refractivity contribution is 7.98. The Hall–Kier alpha value is -2.79. The van der Waals surface area contributed by atoms with Crippen LogP contribution in [0, 0.1) is 17.4 Å². The Balaban J connectivity index is 1.69. The first kappa shape index (κ1) is 23.9. The molecule has 0 aliphatic carbocycles. The number of ether oxygens (including phenoxy) is 1. The van der Waals surface area contributed by atoms with E-state index in [0.29, 0.717) is 25.0 Å². The molecule has 0 saturated heterocycles. The predicted molar refractivity (Wildman–Crippen MR) is 131 cm³/mol. The van der Waals surface area contributed by atoms with Crippen LogP contribution in [-0.2, 0) is 10.5 Å². The highest BCUT2D eigenvalue weighted by atomic mass is 32.2. The van der Waals surface area contributed by atoms with Gasteiger partial charge in [-0.1, -0.05) is 25.8 Å². The van der Waals surface area contributed by atoms with Crippen LogP contribution in [0.3, 0.4) is 0 Å². The molecule has 0 amide bonds. The van der Waals surface area contributed by atoms with E-state index in [0.717, 1.165) is 36.3 Å². The van der Waals surface area contributed by atoms with Crippen molar-refractivity contribution in [1.29, 1.82) is 5.26 Å². The summed E-state index contributed by atoms with van der Waals surface area (Å²) in [5.41, 5.74) is 2.08. The lowest BCUT2D eigenvalue weighted by Crippen LogP contribution is -2.35. The molecule has 1 atom stereocenters. The second-order valence-corrected chi connectivity index (χ2v) is 9.56. The maximum absolute atomic E-state index is 9.26. The Morgan fingerprint density at radius 3 is 2.91 bits per heavy atom. The van der Waals surface area contributed by atoms with Crippen molar-refractivity contribution in [1.82, 2.24) is 15.2 Å². The van der Waals surface area contributed by atoms with Crippen LogP contribution < -0.4 is 5.32 Å². The Morgan fingerprint density at radius 1 is 1.41 bits per heavy atom. The molecule has 1 aromatic heterocycles. The van der Waals surface area contributed by atoms with Crippen LogP contribution in [0.15, 0.2) is 58.6 Å². The van der Waals surface area contributed by atoms with Gasteiger partial charge in [-0.05, 0) is 38.0 Å². The zero-order valence-corrected chi connectivity index (χ0v) is 19.9. The maximum atomic E-state index is 9.26. The van der Waals surface area contributed by atoms with Gasteiger partial charge in [0.05, 0.1) is 12.1 Å². The van der Waals surface area contributed by atoms with E-state index in [1.54, 1.807) is 11.8 Å². The van der Waals surface area contributed by atoms with E-state index in [1.165, 1.54) is 5.56 Å². The summed E-state index contributed by atoms with van der Waals surface area (Å²) in [5.74, 6) is 3.24. The molecule has 2 aliphatic heterocycles. The normalized spacial score (nSPS) is 19.8. The molecule has 0 spiro atoms. The number of allylic oxidation sites excluding steroid dienone is 1. The van der Waals surface area contributed by atoms with Crippen LogP contribution in [-0.4, -0.2) is 46.2 Å². The van der Waals surface area contributed by atoms with E-state index >= 15 is 0 Å². The number of nitrogens with zero attached hydrogens (tertiary/aromatic N) is 5. The summed E-state index contributed by atoms with van der Waals surface area (Å²) < 4.78 is 5.95. The molecule has 0 radical (unpaired) electrons. The molecule has 0 fully saturated rings. The third kappa shape index (κ3) is 6.86. The zero-order chi connectivity index (χ0) is 22.8. The standard InChI is InChI=1S/C24H32N6OS/c1-4-5-6-20-9-13-30(15-21(20)22-29-24(2,3)17-31-22)23(28-18-25)27-12-14-32-16-19-7-10-26-11-8-19/h7-11,13,15,20H,4-6,12,14,16-17H2,1-3H3,(H,27,28). The van der Waals surface area contributed by atoms with E-state index in [2.05, 4.69) is 42.1 Å². The monoisotopic (exact) mass is 452 g/mol. The van der Waals surface area contributed by atoms with Crippen LogP contribution >= 0.6 is 11.8 Å². The van der Waals surface area contributed by atoms with Crippen LogP contribution in [0.5, 0.6) is 0 Å². The van der Waals surface area contributed by atoms with Gasteiger partial charge in [0.15, 0.2) is 6.19 Å². The number of guanidine groups is 1. The average molecular weight is 453 g/mol. The largest absolute Gasteiger partial charge is 0.475 e. The van der Waals surface area contributed by atoms with Crippen LogP contribution in [0.4, 0.5) is 0 Å². The number of aliphatic imine (C=N–C) groups is 2. The molecule has 3 rings (SSSR count). The fraction of sp³-hybridized carbons (Fsp3) is 0.500. The summed E-state index contributed by atoms with van der Waals surface area (Å²) in [5, 5.41) is 12.0. The number of nitrogens with one attached hydrogen (secondary N) is 1. The number of rotatable bonds is 9. The molecule has 2 aliphatic rings. The summed E-state index contributed by atoms with van der Waals surface area (Å²) in [6, 6.07) is 4.04. The van der Waals surface area contributed by atoms with Gasteiger partial charge >= 0.3 is 0 Å². The third-order valence-electron chi connectivity index (χ3n) is 5.17. The van der Waals surface area contributed by atoms with Crippen molar-refractivity contribution >= 4 is 23.6 Å². The number of aromatic nitrogens is 1. The second kappa shape index (κ2) is 11.7. The van der Waals surface area contributed by atoms with Crippen LogP contribution in [0.1, 0.15) is 45.6 Å². The van der Waals surface area contributed by atoms with Crippen LogP contribution in [0.25, 0.3) is 0 Å². The number of pyridine rings is 1. The molecule has 3 heterocycles. The molecule has 1 aromatic rings. The lowest BCUT2D eigenvalue weighted by atomic mass is 9.92. The fourth-order valence-electron chi connectivity index (χ4n) is 3.46. The molecular weight excluding hydrogens is 420 g/mol. The first-order chi connectivity index (χ1) is 15.5. The third-order valence-corrected chi connectivity index (χ3v) is 6.17. The summed E-state index contributed by atoms with van der Waals surface area (Å²) in [6.45, 7) is 7.54. The molecule has 0 bridgehead atoms. The molecule has 7 nitrogen and oxygen atoms in total. The van der Waals surface area contributed by atoms with E-state index in [-0.39, 0.29) is 11.5 Å². The van der Waals surface area contributed by atoms with E-state index in [9.17, 15) is 5.26 Å². The molecular formula is C24H32N6OS. The molecule has 0 saturated carbocycles. The van der Waals surface area contributed by atoms with Crippen molar-refractivity contribution in [2.24, 2.45) is 15.9 Å². The Kier molecular flexibility index (Phi) is 8.74. The first-order valence-corrected chi connectivity index (χ1v) is 12.3. The van der Waals surface area contributed by atoms with Gasteiger partial charge in [0, 0.05) is 47.8 Å². The van der Waals surface area contributed by atoms with Gasteiger partial charge in [0.1, 0.15) is 6.61 Å². The van der Waals surface area contributed by atoms with Gasteiger partial charge in [0.2, 0.25) is 11.9 Å². The minimum atomic E-state index is -0.217. The SMILES string of the molecule is CCCCC1C=CN(C(=NCCSCc2ccncc2)NC#N)C=C1C1=NC(C)(C)CO1. The lowest BCUT2D eigenvalue weighted by molar-refractivity contribution is 0.277. The predicted octanol–water partition coefficient (Wildman–Crippen LogP) is 4.47. The molecule has 8 heteroatoms. The highest BCUT2D eigenvalue weighted by Gasteiger charge is 2.32. The number of unbranched alkanes of at least 4 members (excludes halogenated alkanes) is 1. The first-order valence-electron chi connectivity index (χ1n) is 11.1. The van der Waals surface area contributed by atoms with Crippen molar-refractivity contribution < 1.29 is 4.74 Å². The Morgan fingerprint density at radius 2 is 2.22 bits per heavy atom. The fourth-order valence-corrected chi connectivity index (χ4v) is 4.26. The van der Waals surface area contributed by atoms with Gasteiger partial charge in [-0.3, -0.25) is 20.2 Å². The smallest absolute Gasteiger partial charge is 0.215 e. The Labute approximate surface area is 195 Å². The topological polar surface area (TPSA) is 85.9 Å². The van der Waals surface area contributed by atoms with Crippen molar-refractivity contribution in [3.05, 3.63) is 54.1 Å². The molecule has 1 unspecified atom stereocenters. The average Bonchev–Trinajstić information content (AvgIpc) is 3.17. The molecule has 0 aromatic carbocycles. The maximum Gasteiger partial charge on any atom is 0.215 e. The van der Waals surface area contributed by atoms with Gasteiger partial charge in [-0.2, -0.15) is 17.0 Å². The number of hydrogen-bond acceptors (Lipinski definition) is 6. The van der Waals surface area contributed by atoms with Gasteiger partial charge in [-0.25, -0.2) is 4.99 Å². The van der Waals surface area contributed by atoms with E-state index in [4.69, 9.17) is 9.73 Å². The summed E-state index contributed by atoms with van der Waals surface area (Å²) in [7, 11) is 0. The van der Waals surface area contributed by atoms with E-state index in [1.807, 2.05) is 48.0 Å². The molecule has 1 N–H and O–H groups in total. The van der Waals surface area contributed by atoms with Gasteiger partial charge < -0.3 is 4.74 Å². The zero-order valence-electron chi connectivity index (χ0n) is 19.1. The van der Waals surface area contributed by atoms with Crippen molar-refractivity contribution in [3.8, 4) is 6.19 Å². The number of nitriles is 1. The quantitative estimate of drug-likeness (QED) is 0.196. The van der Waals surface area contributed by atoms with Crippen LogP contribution in [0.2, 0.25) is 0 Å². The molecule has 32 heavy (non-hydrogen) atoms. The van der Waals surface area contributed by atoms with E-state index < -0.39 is 0 Å². The van der Waals surface area contributed by atoms with Gasteiger partial charge in [-0.15, -0.1) is 0 Å². The summed E-state index contributed by atoms with van der Waals surface area (Å²) >= 11 is 1.81. The summed E-state index contributed by atoms with van der Waals surface area (Å²) in [4.78, 5) is 15.3. The van der Waals surface area contributed by atoms with Crippen molar-refractivity contribution in [2.45, 2.75) is 51.3 Å². The lowest BCUT2D eigenvalue weighted by Gasteiger charge is -2.27. The van der Waals surface area contributed by atoms with Crippen molar-refractivity contribution in [3.63, 3.8) is 0 Å². The van der Waals surface area contributed by atoms with Crippen molar-refractivity contribution in [2.75, 3.05) is 18.9 Å². The number of thioether (sulfide) groups is 1. The second-order valence-electron chi connectivity index (χ2n) is 8.45. The Bertz CT molecular complexity index is 916. The minimum absolute atomic E-state index is 0.217. The number of hydrogen-bond donors (Lipinski definition) is 1. The molecule has 170 valence electrons.